The minimum Gasteiger partial charge on any atom is -0.396 e. The fourth-order valence-electron chi connectivity index (χ4n) is 0.607. The van der Waals surface area contributed by atoms with Crippen LogP contribution in [0.5, 0.6) is 0 Å². The molecule has 0 radical (unpaired) electrons. The fraction of sp³-hybridized carbons (Fsp3) is 0.700. The van der Waals surface area contributed by atoms with Crippen LogP contribution in [0.25, 0.3) is 0 Å². The third kappa shape index (κ3) is 22.8. The number of hydrogen-bond acceptors (Lipinski definition) is 2. The maximum absolute atomic E-state index is 9.33. The van der Waals surface area contributed by atoms with Gasteiger partial charge in [0.1, 0.15) is 6.29 Å². The van der Waals surface area contributed by atoms with Crippen LogP contribution in [-0.2, 0) is 4.79 Å². The molecule has 0 aliphatic heterocycles. The minimum absolute atomic E-state index is 0.361. The van der Waals surface area contributed by atoms with Gasteiger partial charge in [-0.05, 0) is 6.42 Å². The lowest BCUT2D eigenvalue weighted by molar-refractivity contribution is -0.107. The van der Waals surface area contributed by atoms with E-state index < -0.39 is 0 Å². The molecule has 1 N–H and O–H groups in total. The highest BCUT2D eigenvalue weighted by Gasteiger charge is 1.80. The van der Waals surface area contributed by atoms with E-state index >= 15 is 0 Å². The predicted octanol–water partition coefficient (Wildman–Crippen LogP) is 2.32. The molecule has 0 saturated heterocycles. The Balaban J connectivity index is 0. The first-order chi connectivity index (χ1) is 5.83. The fourth-order valence-corrected chi connectivity index (χ4v) is 0.607. The number of unbranched alkanes of at least 4 members (excludes halogenated alkanes) is 3. The molecule has 0 amide bonds. The molecule has 0 atom stereocenters. The number of allylic oxidation sites excluding steroid dienone is 1. The molecule has 2 heteroatoms. The zero-order valence-electron chi connectivity index (χ0n) is 7.96. The summed E-state index contributed by atoms with van der Waals surface area (Å²) in [4.78, 5) is 9.33. The number of aliphatic hydroxyl groups excluding tert-OH is 1. The summed E-state index contributed by atoms with van der Waals surface area (Å²) in [5.74, 6) is 0. The number of hydrogen-bond donors (Lipinski definition) is 1. The molecule has 0 aromatic rings. The summed E-state index contributed by atoms with van der Waals surface area (Å²) in [6, 6.07) is 0. The average molecular weight is 172 g/mol. The van der Waals surface area contributed by atoms with Crippen LogP contribution in [0.15, 0.2) is 12.7 Å². The average Bonchev–Trinajstić information content (AvgIpc) is 2.08. The second-order valence-corrected chi connectivity index (χ2v) is 2.48. The third-order valence-electron chi connectivity index (χ3n) is 1.27. The molecule has 0 aromatic carbocycles. The van der Waals surface area contributed by atoms with E-state index in [0.29, 0.717) is 13.0 Å². The molecule has 0 rings (SSSR count). The largest absolute Gasteiger partial charge is 0.396 e. The van der Waals surface area contributed by atoms with Crippen molar-refractivity contribution in [1.82, 2.24) is 0 Å². The van der Waals surface area contributed by atoms with Gasteiger partial charge in [-0.1, -0.05) is 32.3 Å². The maximum atomic E-state index is 9.33. The summed E-state index contributed by atoms with van der Waals surface area (Å²) in [7, 11) is 0. The second kappa shape index (κ2) is 16.8. The van der Waals surface area contributed by atoms with Gasteiger partial charge in [-0.3, -0.25) is 0 Å². The minimum atomic E-state index is 0.361. The molecule has 72 valence electrons. The summed E-state index contributed by atoms with van der Waals surface area (Å²) in [6.07, 6.45) is 7.53. The van der Waals surface area contributed by atoms with Crippen molar-refractivity contribution >= 4 is 6.29 Å². The number of aliphatic hydroxyl groups is 1. The zero-order valence-corrected chi connectivity index (χ0v) is 7.96. The molecule has 0 saturated carbocycles. The van der Waals surface area contributed by atoms with Crippen LogP contribution >= 0.6 is 0 Å². The third-order valence-corrected chi connectivity index (χ3v) is 1.27. The predicted molar refractivity (Wildman–Crippen MR) is 52.1 cm³/mol. The summed E-state index contributed by atoms with van der Waals surface area (Å²) in [6.45, 7) is 5.84. The van der Waals surface area contributed by atoms with Crippen LogP contribution in [0.3, 0.4) is 0 Å². The van der Waals surface area contributed by atoms with Gasteiger partial charge in [0.15, 0.2) is 0 Å². The van der Waals surface area contributed by atoms with Gasteiger partial charge < -0.3 is 9.90 Å². The van der Waals surface area contributed by atoms with E-state index in [1.807, 2.05) is 0 Å². The highest BCUT2D eigenvalue weighted by Crippen LogP contribution is 1.95. The molecule has 12 heavy (non-hydrogen) atoms. The Kier molecular flexibility index (Phi) is 19.5. The molecule has 0 aliphatic rings. The number of rotatable bonds is 6. The van der Waals surface area contributed by atoms with Crippen LogP contribution in [-0.4, -0.2) is 18.0 Å². The van der Waals surface area contributed by atoms with Gasteiger partial charge in [0, 0.05) is 13.0 Å². The summed E-state index contributed by atoms with van der Waals surface area (Å²) < 4.78 is 0. The van der Waals surface area contributed by atoms with Gasteiger partial charge in [0.25, 0.3) is 0 Å². The topological polar surface area (TPSA) is 37.3 Å². The van der Waals surface area contributed by atoms with Crippen molar-refractivity contribution in [3.05, 3.63) is 12.7 Å². The van der Waals surface area contributed by atoms with Crippen LogP contribution in [0.1, 0.15) is 39.0 Å². The van der Waals surface area contributed by atoms with Crippen LogP contribution < -0.4 is 0 Å². The van der Waals surface area contributed by atoms with E-state index in [0.717, 1.165) is 12.7 Å². The van der Waals surface area contributed by atoms with Gasteiger partial charge in [-0.15, -0.1) is 6.58 Å². The molecular formula is C10H20O2. The van der Waals surface area contributed by atoms with Gasteiger partial charge in [0.2, 0.25) is 0 Å². The van der Waals surface area contributed by atoms with E-state index in [-0.39, 0.29) is 0 Å². The Morgan fingerprint density at radius 2 is 2.00 bits per heavy atom. The van der Waals surface area contributed by atoms with Crippen molar-refractivity contribution in [3.63, 3.8) is 0 Å². The lowest BCUT2D eigenvalue weighted by atomic mass is 10.2. The van der Waals surface area contributed by atoms with Gasteiger partial charge in [-0.25, -0.2) is 0 Å². The van der Waals surface area contributed by atoms with E-state index in [9.17, 15) is 4.79 Å². The second-order valence-electron chi connectivity index (χ2n) is 2.48. The highest BCUT2D eigenvalue weighted by molar-refractivity contribution is 5.51. The van der Waals surface area contributed by atoms with E-state index in [4.69, 9.17) is 5.11 Å². The Morgan fingerprint density at radius 3 is 2.25 bits per heavy atom. The van der Waals surface area contributed by atoms with Crippen molar-refractivity contribution in [2.24, 2.45) is 0 Å². The monoisotopic (exact) mass is 172 g/mol. The van der Waals surface area contributed by atoms with E-state index in [2.05, 4.69) is 13.5 Å². The van der Waals surface area contributed by atoms with Crippen LogP contribution in [0, 0.1) is 0 Å². The van der Waals surface area contributed by atoms with Crippen LogP contribution in [0.2, 0.25) is 0 Å². The lowest BCUT2D eigenvalue weighted by Crippen LogP contribution is -1.80. The Morgan fingerprint density at radius 1 is 1.33 bits per heavy atom. The number of aldehydes is 1. The number of carbonyl (C=O) groups excluding carboxylic acids is 1. The van der Waals surface area contributed by atoms with Crippen molar-refractivity contribution in [2.45, 2.75) is 39.0 Å². The van der Waals surface area contributed by atoms with Gasteiger partial charge in [0.05, 0.1) is 0 Å². The van der Waals surface area contributed by atoms with E-state index in [1.54, 1.807) is 6.08 Å². The molecule has 0 heterocycles. The maximum Gasteiger partial charge on any atom is 0.123 e. The molecule has 0 unspecified atom stereocenters. The van der Waals surface area contributed by atoms with Crippen LogP contribution in [0.4, 0.5) is 0 Å². The van der Waals surface area contributed by atoms with Crippen molar-refractivity contribution in [3.8, 4) is 0 Å². The first kappa shape index (κ1) is 13.9. The molecular weight excluding hydrogens is 152 g/mol. The summed E-state index contributed by atoms with van der Waals surface area (Å²) >= 11 is 0. The van der Waals surface area contributed by atoms with Crippen molar-refractivity contribution < 1.29 is 9.90 Å². The van der Waals surface area contributed by atoms with Crippen molar-refractivity contribution in [2.75, 3.05) is 6.61 Å². The Bertz CT molecular complexity index is 79.8. The summed E-state index contributed by atoms with van der Waals surface area (Å²) in [5.41, 5.74) is 0. The molecule has 0 bridgehead atoms. The molecule has 0 aromatic heterocycles. The Hall–Kier alpha value is -0.630. The molecule has 0 fully saturated rings. The standard InChI is InChI=1S/C6H14O.C4H6O/c1-2-3-4-5-6-7;1-2-3-4-5/h7H,2-6H2,1H3;2,4H,1,3H2. The quantitative estimate of drug-likeness (QED) is 0.379. The molecule has 0 spiro atoms. The summed E-state index contributed by atoms with van der Waals surface area (Å²) in [5, 5.41) is 8.29. The van der Waals surface area contributed by atoms with Gasteiger partial charge in [-0.2, -0.15) is 0 Å². The molecule has 2 nitrogen and oxygen atoms in total. The Labute approximate surface area is 75.3 Å². The van der Waals surface area contributed by atoms with E-state index in [1.165, 1.54) is 19.3 Å². The first-order valence-corrected chi connectivity index (χ1v) is 4.48. The van der Waals surface area contributed by atoms with Crippen molar-refractivity contribution in [1.29, 1.82) is 0 Å². The normalized spacial score (nSPS) is 8.17. The molecule has 0 aliphatic carbocycles. The highest BCUT2D eigenvalue weighted by atomic mass is 16.2. The first-order valence-electron chi connectivity index (χ1n) is 4.48. The van der Waals surface area contributed by atoms with Gasteiger partial charge >= 0.3 is 0 Å². The zero-order chi connectivity index (χ0) is 9.66. The smallest absolute Gasteiger partial charge is 0.123 e. The number of carbonyl (C=O) groups is 1. The SMILES string of the molecule is C=CCC=O.CCCCCCO. The lowest BCUT2D eigenvalue weighted by Gasteiger charge is -1.90.